The van der Waals surface area contributed by atoms with Crippen LogP contribution in [0, 0.1) is 5.92 Å². The van der Waals surface area contributed by atoms with Gasteiger partial charge in [-0.25, -0.2) is 0 Å². The number of aliphatic hydroxyl groups is 1. The van der Waals surface area contributed by atoms with Crippen LogP contribution in [0.15, 0.2) is 24.3 Å². The third kappa shape index (κ3) is 3.20. The van der Waals surface area contributed by atoms with Crippen LogP contribution in [0.25, 0.3) is 0 Å². The first-order chi connectivity index (χ1) is 8.29. The molecule has 1 aliphatic heterocycles. The molecule has 0 fully saturated rings. The second-order valence-corrected chi connectivity index (χ2v) is 4.14. The Morgan fingerprint density at radius 2 is 2.29 bits per heavy atom. The van der Waals surface area contributed by atoms with E-state index in [2.05, 4.69) is 0 Å². The van der Waals surface area contributed by atoms with Crippen molar-refractivity contribution in [3.63, 3.8) is 0 Å². The number of hydrogen-bond donors (Lipinski definition) is 1. The second-order valence-electron chi connectivity index (χ2n) is 4.14. The maximum absolute atomic E-state index is 11.4. The predicted molar refractivity (Wildman–Crippen MR) is 61.8 cm³/mol. The first-order valence-corrected chi connectivity index (χ1v) is 5.77. The number of aliphatic hydroxyl groups excluding tert-OH is 1. The Bertz CT molecular complexity index is 389. The summed E-state index contributed by atoms with van der Waals surface area (Å²) < 4.78 is 10.4. The maximum atomic E-state index is 11.4. The van der Waals surface area contributed by atoms with Crippen LogP contribution in [-0.2, 0) is 16.0 Å². The average Bonchev–Trinajstić information content (AvgIpc) is 2.36. The molecule has 4 nitrogen and oxygen atoms in total. The lowest BCUT2D eigenvalue weighted by atomic mass is 9.94. The minimum Gasteiger partial charge on any atom is -0.493 e. The molecule has 2 rings (SSSR count). The van der Waals surface area contributed by atoms with Crippen molar-refractivity contribution in [2.75, 3.05) is 19.8 Å². The van der Waals surface area contributed by atoms with E-state index in [1.54, 1.807) is 0 Å². The van der Waals surface area contributed by atoms with Gasteiger partial charge in [-0.2, -0.15) is 0 Å². The molecule has 1 heterocycles. The highest BCUT2D eigenvalue weighted by molar-refractivity contribution is 5.69. The lowest BCUT2D eigenvalue weighted by Gasteiger charge is -2.24. The van der Waals surface area contributed by atoms with Crippen molar-refractivity contribution in [3.05, 3.63) is 29.8 Å². The van der Waals surface area contributed by atoms with E-state index in [1.165, 1.54) is 0 Å². The summed E-state index contributed by atoms with van der Waals surface area (Å²) in [4.78, 5) is 11.4. The monoisotopic (exact) mass is 236 g/mol. The fraction of sp³-hybridized carbons (Fsp3) is 0.462. The Labute approximate surface area is 100 Å². The summed E-state index contributed by atoms with van der Waals surface area (Å²) in [6.45, 7) is 0.490. The topological polar surface area (TPSA) is 55.8 Å². The Balaban J connectivity index is 1.88. The molecule has 92 valence electrons. The lowest BCUT2D eigenvalue weighted by Crippen LogP contribution is -2.24. The number of esters is 1. The Kier molecular flexibility index (Phi) is 3.98. The molecule has 0 amide bonds. The van der Waals surface area contributed by atoms with Gasteiger partial charge in [0.05, 0.1) is 19.6 Å². The molecule has 1 aromatic carbocycles. The number of hydrogen-bond acceptors (Lipinski definition) is 4. The molecule has 1 unspecified atom stereocenters. The van der Waals surface area contributed by atoms with E-state index in [9.17, 15) is 4.79 Å². The summed E-state index contributed by atoms with van der Waals surface area (Å²) in [6.07, 6.45) is 1.18. The summed E-state index contributed by atoms with van der Waals surface area (Å²) in [6, 6.07) is 7.86. The zero-order valence-corrected chi connectivity index (χ0v) is 9.59. The molecule has 0 aromatic heterocycles. The summed E-state index contributed by atoms with van der Waals surface area (Å²) in [5, 5.41) is 8.55. The molecule has 0 saturated carbocycles. The smallest absolute Gasteiger partial charge is 0.306 e. The van der Waals surface area contributed by atoms with E-state index in [4.69, 9.17) is 14.6 Å². The third-order valence-electron chi connectivity index (χ3n) is 2.77. The van der Waals surface area contributed by atoms with Crippen LogP contribution in [-0.4, -0.2) is 30.9 Å². The molecule has 17 heavy (non-hydrogen) atoms. The van der Waals surface area contributed by atoms with Gasteiger partial charge in [-0.3, -0.25) is 4.79 Å². The van der Waals surface area contributed by atoms with Gasteiger partial charge in [0.2, 0.25) is 0 Å². The Morgan fingerprint density at radius 1 is 1.47 bits per heavy atom. The highest BCUT2D eigenvalue weighted by Crippen LogP contribution is 2.28. The van der Waals surface area contributed by atoms with Gasteiger partial charge in [-0.15, -0.1) is 0 Å². The number of carbonyl (C=O) groups is 1. The highest BCUT2D eigenvalue weighted by Gasteiger charge is 2.22. The number of benzene rings is 1. The number of rotatable bonds is 4. The highest BCUT2D eigenvalue weighted by atomic mass is 16.5. The third-order valence-corrected chi connectivity index (χ3v) is 2.77. The number of fused-ring (bicyclic) bond motifs is 1. The van der Waals surface area contributed by atoms with Crippen LogP contribution < -0.4 is 4.74 Å². The second kappa shape index (κ2) is 5.68. The number of carbonyl (C=O) groups excluding carboxylic acids is 1. The van der Waals surface area contributed by atoms with E-state index in [-0.39, 0.29) is 25.1 Å². The van der Waals surface area contributed by atoms with Crippen molar-refractivity contribution in [2.24, 2.45) is 5.92 Å². The van der Waals surface area contributed by atoms with Crippen LogP contribution in [0.5, 0.6) is 5.75 Å². The summed E-state index contributed by atoms with van der Waals surface area (Å²) >= 11 is 0. The fourth-order valence-electron chi connectivity index (χ4n) is 1.98. The van der Waals surface area contributed by atoms with Crippen LogP contribution in [0.2, 0.25) is 0 Å². The largest absolute Gasteiger partial charge is 0.493 e. The van der Waals surface area contributed by atoms with Crippen molar-refractivity contribution in [1.29, 1.82) is 0 Å². The van der Waals surface area contributed by atoms with E-state index >= 15 is 0 Å². The predicted octanol–water partition coefficient (Wildman–Crippen LogP) is 1.16. The van der Waals surface area contributed by atoms with E-state index < -0.39 is 0 Å². The van der Waals surface area contributed by atoms with Crippen LogP contribution in [0.3, 0.4) is 0 Å². The average molecular weight is 236 g/mol. The minimum atomic E-state index is -0.271. The van der Waals surface area contributed by atoms with E-state index in [0.717, 1.165) is 17.7 Å². The molecule has 1 atom stereocenters. The molecule has 0 spiro atoms. The molecular weight excluding hydrogens is 220 g/mol. The SMILES string of the molecule is O=C(CC1COc2ccccc2C1)OCCO. The molecule has 0 saturated heterocycles. The van der Waals surface area contributed by atoms with Crippen LogP contribution >= 0.6 is 0 Å². The first-order valence-electron chi connectivity index (χ1n) is 5.77. The molecule has 1 N–H and O–H groups in total. The van der Waals surface area contributed by atoms with Crippen LogP contribution in [0.1, 0.15) is 12.0 Å². The Hall–Kier alpha value is -1.55. The first kappa shape index (κ1) is 11.9. The number of para-hydroxylation sites is 1. The van der Waals surface area contributed by atoms with Gasteiger partial charge in [0.1, 0.15) is 12.4 Å². The summed E-state index contributed by atoms with van der Waals surface area (Å²) in [5.41, 5.74) is 1.14. The number of ether oxygens (including phenoxy) is 2. The van der Waals surface area contributed by atoms with Gasteiger partial charge in [0.25, 0.3) is 0 Å². The van der Waals surface area contributed by atoms with Crippen molar-refractivity contribution in [3.8, 4) is 5.75 Å². The van der Waals surface area contributed by atoms with Gasteiger partial charge >= 0.3 is 5.97 Å². The molecule has 0 radical (unpaired) electrons. The summed E-state index contributed by atoms with van der Waals surface area (Å²) in [5.74, 6) is 0.801. The molecule has 1 aliphatic rings. The summed E-state index contributed by atoms with van der Waals surface area (Å²) in [7, 11) is 0. The van der Waals surface area contributed by atoms with Crippen molar-refractivity contribution in [1.82, 2.24) is 0 Å². The van der Waals surface area contributed by atoms with E-state index in [0.29, 0.717) is 13.0 Å². The Morgan fingerprint density at radius 3 is 3.12 bits per heavy atom. The van der Waals surface area contributed by atoms with Gasteiger partial charge in [0.15, 0.2) is 0 Å². The van der Waals surface area contributed by atoms with Crippen LogP contribution in [0.4, 0.5) is 0 Å². The van der Waals surface area contributed by atoms with Crippen molar-refractivity contribution in [2.45, 2.75) is 12.8 Å². The van der Waals surface area contributed by atoms with Gasteiger partial charge < -0.3 is 14.6 Å². The molecule has 4 heteroatoms. The van der Waals surface area contributed by atoms with Gasteiger partial charge in [-0.1, -0.05) is 18.2 Å². The van der Waals surface area contributed by atoms with Crippen molar-refractivity contribution < 1.29 is 19.4 Å². The minimum absolute atomic E-state index is 0.0724. The zero-order valence-electron chi connectivity index (χ0n) is 9.59. The normalized spacial score (nSPS) is 18.1. The van der Waals surface area contributed by atoms with E-state index in [1.807, 2.05) is 24.3 Å². The molecular formula is C13H16O4. The molecule has 0 bridgehead atoms. The zero-order chi connectivity index (χ0) is 12.1. The molecule has 1 aromatic rings. The standard InChI is InChI=1S/C13H16O4/c14-5-6-16-13(15)8-10-7-11-3-1-2-4-12(11)17-9-10/h1-4,10,14H,5-9H2. The molecule has 0 aliphatic carbocycles. The van der Waals surface area contributed by atoms with Gasteiger partial charge in [0, 0.05) is 5.92 Å². The fourth-order valence-corrected chi connectivity index (χ4v) is 1.98. The quantitative estimate of drug-likeness (QED) is 0.797. The maximum Gasteiger partial charge on any atom is 0.306 e. The lowest BCUT2D eigenvalue weighted by molar-refractivity contribution is -0.146. The van der Waals surface area contributed by atoms with Gasteiger partial charge in [-0.05, 0) is 18.1 Å². The van der Waals surface area contributed by atoms with Crippen molar-refractivity contribution >= 4 is 5.97 Å².